The van der Waals surface area contributed by atoms with Crippen LogP contribution in [0.2, 0.25) is 0 Å². The molecule has 1 saturated heterocycles. The van der Waals surface area contributed by atoms with Gasteiger partial charge in [0, 0.05) is 25.7 Å². The van der Waals surface area contributed by atoms with E-state index in [0.29, 0.717) is 25.3 Å². The van der Waals surface area contributed by atoms with E-state index in [1.165, 1.54) is 11.1 Å². The predicted octanol–water partition coefficient (Wildman–Crippen LogP) is 1.24. The third kappa shape index (κ3) is 3.62. The maximum absolute atomic E-state index is 12.3. The minimum Gasteiger partial charge on any atom is -0.359 e. The van der Waals surface area contributed by atoms with Crippen molar-refractivity contribution < 1.29 is 14.1 Å². The lowest BCUT2D eigenvalue weighted by Gasteiger charge is -2.27. The van der Waals surface area contributed by atoms with Crippen LogP contribution in [0.4, 0.5) is 0 Å². The van der Waals surface area contributed by atoms with Gasteiger partial charge >= 0.3 is 0 Å². The van der Waals surface area contributed by atoms with Gasteiger partial charge in [0.2, 0.25) is 5.91 Å². The van der Waals surface area contributed by atoms with E-state index in [-0.39, 0.29) is 17.5 Å². The third-order valence-corrected chi connectivity index (χ3v) is 4.97. The highest BCUT2D eigenvalue weighted by atomic mass is 16.5. The van der Waals surface area contributed by atoms with E-state index in [9.17, 15) is 9.59 Å². The maximum atomic E-state index is 12.3. The van der Waals surface area contributed by atoms with Crippen molar-refractivity contribution in [1.29, 1.82) is 0 Å². The quantitative estimate of drug-likeness (QED) is 0.863. The predicted molar refractivity (Wildman–Crippen MR) is 94.3 cm³/mol. The summed E-state index contributed by atoms with van der Waals surface area (Å²) in [5.41, 5.74) is 2.95. The molecule has 1 fully saturated rings. The number of hydrogen-bond donors (Lipinski definition) is 2. The molecule has 0 saturated carbocycles. The number of piperidine rings is 1. The van der Waals surface area contributed by atoms with Crippen molar-refractivity contribution in [2.75, 3.05) is 13.1 Å². The van der Waals surface area contributed by atoms with Gasteiger partial charge in [-0.2, -0.15) is 0 Å². The fourth-order valence-corrected chi connectivity index (χ4v) is 3.55. The van der Waals surface area contributed by atoms with Crippen molar-refractivity contribution >= 4 is 11.8 Å². The van der Waals surface area contributed by atoms with Crippen LogP contribution in [0.15, 0.2) is 34.9 Å². The molecule has 2 amide bonds. The zero-order chi connectivity index (χ0) is 17.9. The van der Waals surface area contributed by atoms with Crippen LogP contribution >= 0.6 is 0 Å². The first-order chi connectivity index (χ1) is 12.7. The fraction of sp³-hybridized carbons (Fsp3) is 0.421. The van der Waals surface area contributed by atoms with E-state index < -0.39 is 6.04 Å². The average molecular weight is 354 g/mol. The van der Waals surface area contributed by atoms with Crippen molar-refractivity contribution in [3.05, 3.63) is 52.9 Å². The van der Waals surface area contributed by atoms with Gasteiger partial charge in [-0.05, 0) is 30.4 Å². The average Bonchev–Trinajstić information content (AvgIpc) is 3.12. The van der Waals surface area contributed by atoms with Crippen LogP contribution in [-0.2, 0) is 24.3 Å². The number of nitrogens with zero attached hydrogens (tertiary/aromatic N) is 2. The number of carbonyl (C=O) groups is 2. The van der Waals surface area contributed by atoms with Crippen LogP contribution < -0.4 is 10.6 Å². The van der Waals surface area contributed by atoms with Crippen LogP contribution in [-0.4, -0.2) is 41.0 Å². The Bertz CT molecular complexity index is 817. The summed E-state index contributed by atoms with van der Waals surface area (Å²) in [4.78, 5) is 26.3. The van der Waals surface area contributed by atoms with Gasteiger partial charge in [0.1, 0.15) is 6.04 Å². The topological polar surface area (TPSA) is 87.5 Å². The van der Waals surface area contributed by atoms with Gasteiger partial charge in [0.25, 0.3) is 5.91 Å². The summed E-state index contributed by atoms with van der Waals surface area (Å²) in [7, 11) is 0. The minimum absolute atomic E-state index is 0.139. The van der Waals surface area contributed by atoms with Crippen molar-refractivity contribution in [2.24, 2.45) is 0 Å². The summed E-state index contributed by atoms with van der Waals surface area (Å²) < 4.78 is 5.34. The highest BCUT2D eigenvalue weighted by molar-refractivity contribution is 5.96. The monoisotopic (exact) mass is 354 g/mol. The summed E-state index contributed by atoms with van der Waals surface area (Å²) in [6.07, 6.45) is 2.51. The third-order valence-electron chi connectivity index (χ3n) is 4.97. The molecule has 1 unspecified atom stereocenters. The molecule has 2 N–H and O–H groups in total. The Labute approximate surface area is 151 Å². The molecule has 3 heterocycles. The molecular weight excluding hydrogens is 332 g/mol. The lowest BCUT2D eigenvalue weighted by atomic mass is 10.00. The summed E-state index contributed by atoms with van der Waals surface area (Å²) in [5, 5.41) is 9.35. The fourth-order valence-electron chi connectivity index (χ4n) is 3.55. The van der Waals surface area contributed by atoms with Crippen LogP contribution in [0.3, 0.4) is 0 Å². The van der Waals surface area contributed by atoms with Crippen molar-refractivity contribution in [3.63, 3.8) is 0 Å². The van der Waals surface area contributed by atoms with Crippen molar-refractivity contribution in [1.82, 2.24) is 20.7 Å². The summed E-state index contributed by atoms with van der Waals surface area (Å²) >= 11 is 0. The van der Waals surface area contributed by atoms with Gasteiger partial charge in [-0.3, -0.25) is 14.5 Å². The van der Waals surface area contributed by atoms with Crippen molar-refractivity contribution in [2.45, 2.75) is 38.4 Å². The SMILES string of the molecule is O=C(NC1CCCNC1=O)c1cc(CN2CCc3ccccc3C2)on1. The van der Waals surface area contributed by atoms with E-state index >= 15 is 0 Å². The van der Waals surface area contributed by atoms with Gasteiger partial charge in [-0.1, -0.05) is 29.4 Å². The molecule has 0 spiro atoms. The molecule has 1 aromatic carbocycles. The van der Waals surface area contributed by atoms with E-state index in [2.05, 4.69) is 45.0 Å². The number of amides is 2. The maximum Gasteiger partial charge on any atom is 0.274 e. The largest absolute Gasteiger partial charge is 0.359 e. The first-order valence-corrected chi connectivity index (χ1v) is 9.02. The molecule has 4 rings (SSSR count). The van der Waals surface area contributed by atoms with E-state index in [1.54, 1.807) is 6.07 Å². The number of aromatic nitrogens is 1. The number of hydrogen-bond acceptors (Lipinski definition) is 5. The molecule has 2 aliphatic heterocycles. The smallest absolute Gasteiger partial charge is 0.274 e. The Hall–Kier alpha value is -2.67. The minimum atomic E-state index is -0.491. The lowest BCUT2D eigenvalue weighted by Crippen LogP contribution is -2.50. The van der Waals surface area contributed by atoms with Gasteiger partial charge in [-0.25, -0.2) is 0 Å². The first kappa shape index (κ1) is 16.8. The molecule has 2 aromatic rings. The Morgan fingerprint density at radius 2 is 2.19 bits per heavy atom. The Kier molecular flexibility index (Phi) is 4.71. The highest BCUT2D eigenvalue weighted by Gasteiger charge is 2.25. The molecule has 1 aromatic heterocycles. The summed E-state index contributed by atoms with van der Waals surface area (Å²) in [6.45, 7) is 3.08. The Morgan fingerprint density at radius 3 is 3.04 bits per heavy atom. The van der Waals surface area contributed by atoms with Crippen LogP contribution in [0.25, 0.3) is 0 Å². The van der Waals surface area contributed by atoms with Gasteiger partial charge in [0.15, 0.2) is 11.5 Å². The zero-order valence-corrected chi connectivity index (χ0v) is 14.5. The highest BCUT2D eigenvalue weighted by Crippen LogP contribution is 2.20. The number of nitrogens with one attached hydrogen (secondary N) is 2. The van der Waals surface area contributed by atoms with Crippen molar-refractivity contribution in [3.8, 4) is 0 Å². The van der Waals surface area contributed by atoms with Crippen LogP contribution in [0, 0.1) is 0 Å². The molecule has 0 bridgehead atoms. The molecule has 136 valence electrons. The van der Waals surface area contributed by atoms with Crippen LogP contribution in [0.5, 0.6) is 0 Å². The Balaban J connectivity index is 1.36. The van der Waals surface area contributed by atoms with Gasteiger partial charge in [-0.15, -0.1) is 0 Å². The molecule has 0 aliphatic carbocycles. The zero-order valence-electron chi connectivity index (χ0n) is 14.5. The number of fused-ring (bicyclic) bond motifs is 1. The van der Waals surface area contributed by atoms with Crippen LogP contribution in [0.1, 0.15) is 40.2 Å². The molecule has 7 nitrogen and oxygen atoms in total. The standard InChI is InChI=1S/C19H22N4O3/c24-18-16(6-3-8-20-18)21-19(25)17-10-15(26-22-17)12-23-9-7-13-4-1-2-5-14(13)11-23/h1-2,4-5,10,16H,3,6-9,11-12H2,(H,20,24)(H,21,25). The van der Waals surface area contributed by atoms with Gasteiger partial charge < -0.3 is 15.2 Å². The molecule has 1 atom stereocenters. The Morgan fingerprint density at radius 1 is 1.35 bits per heavy atom. The first-order valence-electron chi connectivity index (χ1n) is 9.02. The van der Waals surface area contributed by atoms with E-state index in [1.807, 2.05) is 0 Å². The second kappa shape index (κ2) is 7.29. The number of benzene rings is 1. The van der Waals surface area contributed by atoms with E-state index in [4.69, 9.17) is 4.52 Å². The molecule has 2 aliphatic rings. The molecule has 7 heteroatoms. The second-order valence-electron chi connectivity index (χ2n) is 6.87. The number of carbonyl (C=O) groups excluding carboxylic acids is 2. The number of rotatable bonds is 4. The second-order valence-corrected chi connectivity index (χ2v) is 6.87. The molecular formula is C19H22N4O3. The lowest BCUT2D eigenvalue weighted by molar-refractivity contribution is -0.124. The molecule has 26 heavy (non-hydrogen) atoms. The summed E-state index contributed by atoms with van der Waals surface area (Å²) in [5.74, 6) is 0.147. The molecule has 0 radical (unpaired) electrons. The van der Waals surface area contributed by atoms with E-state index in [0.717, 1.165) is 25.9 Å². The summed E-state index contributed by atoms with van der Waals surface area (Å²) in [6, 6.07) is 9.62. The van der Waals surface area contributed by atoms with Gasteiger partial charge in [0.05, 0.1) is 6.54 Å². The normalized spacial score (nSPS) is 20.3.